The molecule has 0 amide bonds. The lowest BCUT2D eigenvalue weighted by Crippen LogP contribution is -2.17. The Labute approximate surface area is 160 Å². The number of aromatic nitrogens is 2. The van der Waals surface area contributed by atoms with E-state index in [1.54, 1.807) is 18.2 Å². The van der Waals surface area contributed by atoms with Gasteiger partial charge in [0.1, 0.15) is 19.3 Å². The molecule has 134 valence electrons. The second kappa shape index (κ2) is 7.05. The minimum atomic E-state index is -0.237. The largest absolute Gasteiger partial charge is 0.486 e. The Hall–Kier alpha value is -2.44. The van der Waals surface area contributed by atoms with Crippen LogP contribution in [-0.2, 0) is 0 Å². The van der Waals surface area contributed by atoms with Gasteiger partial charge in [0, 0.05) is 5.02 Å². The second-order valence-electron chi connectivity index (χ2n) is 5.77. The van der Waals surface area contributed by atoms with Gasteiger partial charge in [-0.15, -0.1) is 10.2 Å². The highest BCUT2D eigenvalue weighted by Gasteiger charge is 2.21. The third-order valence-corrected chi connectivity index (χ3v) is 4.46. The van der Waals surface area contributed by atoms with Gasteiger partial charge in [-0.1, -0.05) is 29.3 Å². The lowest BCUT2D eigenvalue weighted by molar-refractivity contribution is 0.172. The Bertz CT molecular complexity index is 945. The van der Waals surface area contributed by atoms with Crippen molar-refractivity contribution in [2.24, 2.45) is 0 Å². The number of anilines is 1. The number of benzene rings is 2. The fourth-order valence-electron chi connectivity index (χ4n) is 2.66. The zero-order valence-corrected chi connectivity index (χ0v) is 15.3. The van der Waals surface area contributed by atoms with Gasteiger partial charge in [0.2, 0.25) is 11.8 Å². The van der Waals surface area contributed by atoms with Gasteiger partial charge in [0.05, 0.1) is 16.3 Å². The molecular weight excluding hydrogens is 377 g/mol. The maximum atomic E-state index is 6.20. The molecular formula is C18H15Cl2N3O3. The third kappa shape index (κ3) is 3.30. The molecule has 0 fully saturated rings. The molecule has 0 saturated heterocycles. The number of nitrogens with one attached hydrogen (secondary N) is 1. The number of fused-ring (bicyclic) bond motifs is 1. The van der Waals surface area contributed by atoms with Gasteiger partial charge in [0.15, 0.2) is 11.5 Å². The van der Waals surface area contributed by atoms with Crippen LogP contribution in [0.15, 0.2) is 40.8 Å². The highest BCUT2D eigenvalue weighted by Crippen LogP contribution is 2.39. The number of hydrogen-bond acceptors (Lipinski definition) is 6. The maximum absolute atomic E-state index is 6.20. The Kier molecular flexibility index (Phi) is 4.61. The SMILES string of the molecule is C[C@@H](Nc1cccc2c1OCCO2)c1nnc(-c2ccc(Cl)cc2Cl)o1. The molecule has 2 heterocycles. The molecule has 1 aliphatic rings. The molecule has 0 spiro atoms. The van der Waals surface area contributed by atoms with Crippen LogP contribution in [0.1, 0.15) is 18.9 Å². The van der Waals surface area contributed by atoms with Crippen LogP contribution in [0, 0.1) is 0 Å². The average molecular weight is 392 g/mol. The zero-order chi connectivity index (χ0) is 18.1. The topological polar surface area (TPSA) is 69.4 Å². The summed E-state index contributed by atoms with van der Waals surface area (Å²) in [5.74, 6) is 2.17. The molecule has 1 aliphatic heterocycles. The van der Waals surface area contributed by atoms with E-state index in [0.717, 1.165) is 5.69 Å². The minimum absolute atomic E-state index is 0.237. The Morgan fingerprint density at radius 3 is 2.77 bits per heavy atom. The summed E-state index contributed by atoms with van der Waals surface area (Å²) < 4.78 is 17.1. The molecule has 0 unspecified atom stereocenters. The van der Waals surface area contributed by atoms with Crippen molar-refractivity contribution in [2.75, 3.05) is 18.5 Å². The number of rotatable bonds is 4. The first kappa shape index (κ1) is 17.0. The lowest BCUT2D eigenvalue weighted by Gasteiger charge is -2.22. The van der Waals surface area contributed by atoms with Crippen LogP contribution in [0.3, 0.4) is 0 Å². The molecule has 8 heteroatoms. The molecule has 4 rings (SSSR count). The van der Waals surface area contributed by atoms with Crippen molar-refractivity contribution >= 4 is 28.9 Å². The molecule has 26 heavy (non-hydrogen) atoms. The lowest BCUT2D eigenvalue weighted by atomic mass is 10.2. The fraction of sp³-hybridized carbons (Fsp3) is 0.222. The second-order valence-corrected chi connectivity index (χ2v) is 6.61. The van der Waals surface area contributed by atoms with Crippen molar-refractivity contribution in [2.45, 2.75) is 13.0 Å². The highest BCUT2D eigenvalue weighted by molar-refractivity contribution is 6.36. The molecule has 0 aliphatic carbocycles. The van der Waals surface area contributed by atoms with E-state index in [0.29, 0.717) is 52.1 Å². The molecule has 0 radical (unpaired) electrons. The van der Waals surface area contributed by atoms with E-state index >= 15 is 0 Å². The van der Waals surface area contributed by atoms with E-state index in [4.69, 9.17) is 37.1 Å². The Morgan fingerprint density at radius 2 is 1.92 bits per heavy atom. The summed E-state index contributed by atoms with van der Waals surface area (Å²) in [5.41, 5.74) is 1.44. The first-order chi connectivity index (χ1) is 12.6. The predicted octanol–water partition coefficient (Wildman–Crippen LogP) is 4.99. The summed E-state index contributed by atoms with van der Waals surface area (Å²) in [7, 11) is 0. The van der Waals surface area contributed by atoms with Crippen molar-refractivity contribution in [1.29, 1.82) is 0 Å². The Morgan fingerprint density at radius 1 is 1.08 bits per heavy atom. The van der Waals surface area contributed by atoms with Crippen molar-refractivity contribution in [1.82, 2.24) is 10.2 Å². The molecule has 6 nitrogen and oxygen atoms in total. The number of para-hydroxylation sites is 1. The van der Waals surface area contributed by atoms with Gasteiger partial charge in [-0.05, 0) is 37.3 Å². The van der Waals surface area contributed by atoms with Gasteiger partial charge in [0.25, 0.3) is 0 Å². The van der Waals surface area contributed by atoms with E-state index in [-0.39, 0.29) is 6.04 Å². The van der Waals surface area contributed by atoms with E-state index in [1.807, 2.05) is 25.1 Å². The standard InChI is InChI=1S/C18H15Cl2N3O3/c1-10(21-14-3-2-4-15-16(14)25-8-7-24-15)17-22-23-18(26-17)12-6-5-11(19)9-13(12)20/h2-6,9-10,21H,7-8H2,1H3/t10-/m1/s1. The van der Waals surface area contributed by atoms with Crippen LogP contribution in [0.25, 0.3) is 11.5 Å². The normalized spacial score (nSPS) is 14.1. The van der Waals surface area contributed by atoms with Crippen molar-refractivity contribution < 1.29 is 13.9 Å². The molecule has 3 aromatic rings. The van der Waals surface area contributed by atoms with Crippen LogP contribution in [-0.4, -0.2) is 23.4 Å². The van der Waals surface area contributed by atoms with E-state index in [2.05, 4.69) is 15.5 Å². The molecule has 1 N–H and O–H groups in total. The van der Waals surface area contributed by atoms with Crippen molar-refractivity contribution in [3.63, 3.8) is 0 Å². The van der Waals surface area contributed by atoms with Gasteiger partial charge in [-0.3, -0.25) is 0 Å². The van der Waals surface area contributed by atoms with Gasteiger partial charge >= 0.3 is 0 Å². The smallest absolute Gasteiger partial charge is 0.249 e. The van der Waals surface area contributed by atoms with E-state index in [1.165, 1.54) is 0 Å². The molecule has 1 aromatic heterocycles. The van der Waals surface area contributed by atoms with Crippen LogP contribution < -0.4 is 14.8 Å². The fourth-order valence-corrected chi connectivity index (χ4v) is 3.15. The monoisotopic (exact) mass is 391 g/mol. The summed E-state index contributed by atoms with van der Waals surface area (Å²) >= 11 is 12.1. The Balaban J connectivity index is 1.57. The summed E-state index contributed by atoms with van der Waals surface area (Å²) in [5, 5.41) is 12.5. The summed E-state index contributed by atoms with van der Waals surface area (Å²) in [6.07, 6.45) is 0. The summed E-state index contributed by atoms with van der Waals surface area (Å²) in [4.78, 5) is 0. The molecule has 0 saturated carbocycles. The van der Waals surface area contributed by atoms with Crippen LogP contribution in [0.4, 0.5) is 5.69 Å². The number of nitrogens with zero attached hydrogens (tertiary/aromatic N) is 2. The number of ether oxygens (including phenoxy) is 2. The van der Waals surface area contributed by atoms with Gasteiger partial charge < -0.3 is 19.2 Å². The number of hydrogen-bond donors (Lipinski definition) is 1. The summed E-state index contributed by atoms with van der Waals surface area (Å²) in [6, 6.07) is 10.6. The van der Waals surface area contributed by atoms with Crippen molar-refractivity contribution in [3.8, 4) is 23.0 Å². The first-order valence-electron chi connectivity index (χ1n) is 8.06. The third-order valence-electron chi connectivity index (χ3n) is 3.91. The van der Waals surface area contributed by atoms with Crippen molar-refractivity contribution in [3.05, 3.63) is 52.3 Å². The number of halogens is 2. The highest BCUT2D eigenvalue weighted by atomic mass is 35.5. The minimum Gasteiger partial charge on any atom is -0.486 e. The average Bonchev–Trinajstić information content (AvgIpc) is 3.12. The summed E-state index contributed by atoms with van der Waals surface area (Å²) in [6.45, 7) is 2.98. The quantitative estimate of drug-likeness (QED) is 0.675. The predicted molar refractivity (Wildman–Crippen MR) is 99.2 cm³/mol. The first-order valence-corrected chi connectivity index (χ1v) is 8.81. The molecule has 0 bridgehead atoms. The van der Waals surface area contributed by atoms with Crippen LogP contribution in [0.2, 0.25) is 10.0 Å². The maximum Gasteiger partial charge on any atom is 0.249 e. The molecule has 1 atom stereocenters. The van der Waals surface area contributed by atoms with E-state index < -0.39 is 0 Å². The van der Waals surface area contributed by atoms with Crippen LogP contribution in [0.5, 0.6) is 11.5 Å². The van der Waals surface area contributed by atoms with E-state index in [9.17, 15) is 0 Å². The van der Waals surface area contributed by atoms with Gasteiger partial charge in [-0.2, -0.15) is 0 Å². The van der Waals surface area contributed by atoms with Gasteiger partial charge in [-0.25, -0.2) is 0 Å². The zero-order valence-electron chi connectivity index (χ0n) is 13.8. The molecule has 2 aromatic carbocycles. The van der Waals surface area contributed by atoms with Crippen LogP contribution >= 0.6 is 23.2 Å².